The fourth-order valence-corrected chi connectivity index (χ4v) is 2.92. The normalized spacial score (nSPS) is 15.3. The Balaban J connectivity index is 1.76. The third-order valence-electron chi connectivity index (χ3n) is 4.05. The Kier molecular flexibility index (Phi) is 4.20. The summed E-state index contributed by atoms with van der Waals surface area (Å²) in [5.41, 5.74) is 3.91. The molecule has 0 radical (unpaired) electrons. The molecular formula is C18H20FNO. The van der Waals surface area contributed by atoms with Crippen LogP contribution in [0.25, 0.3) is 0 Å². The summed E-state index contributed by atoms with van der Waals surface area (Å²) in [7, 11) is 1.70. The largest absolute Gasteiger partial charge is 0.497 e. The van der Waals surface area contributed by atoms with Crippen LogP contribution in [-0.4, -0.2) is 18.6 Å². The molecule has 3 rings (SSSR count). The van der Waals surface area contributed by atoms with E-state index in [4.69, 9.17) is 4.74 Å². The molecule has 2 aromatic carbocycles. The molecule has 0 N–H and O–H groups in total. The molecule has 0 saturated heterocycles. The number of ether oxygens (including phenoxy) is 1. The van der Waals surface area contributed by atoms with Gasteiger partial charge in [0.1, 0.15) is 11.6 Å². The molecular weight excluding hydrogens is 265 g/mol. The lowest BCUT2D eigenvalue weighted by atomic mass is 10.0. The second-order valence-corrected chi connectivity index (χ2v) is 5.58. The Labute approximate surface area is 125 Å². The van der Waals surface area contributed by atoms with E-state index in [1.807, 2.05) is 18.2 Å². The topological polar surface area (TPSA) is 12.5 Å². The maximum atomic E-state index is 13.0. The zero-order chi connectivity index (χ0) is 14.7. The molecule has 0 saturated carbocycles. The molecule has 2 aromatic rings. The van der Waals surface area contributed by atoms with Gasteiger partial charge in [0.15, 0.2) is 0 Å². The summed E-state index contributed by atoms with van der Waals surface area (Å²) in [6.45, 7) is 2.84. The van der Waals surface area contributed by atoms with E-state index >= 15 is 0 Å². The molecule has 0 bridgehead atoms. The van der Waals surface area contributed by atoms with Crippen LogP contribution in [0.2, 0.25) is 0 Å². The fourth-order valence-electron chi connectivity index (χ4n) is 2.92. The quantitative estimate of drug-likeness (QED) is 0.851. The zero-order valence-electron chi connectivity index (χ0n) is 12.3. The molecule has 1 aliphatic rings. The van der Waals surface area contributed by atoms with Crippen molar-refractivity contribution in [2.75, 3.05) is 13.7 Å². The molecule has 3 heteroatoms. The van der Waals surface area contributed by atoms with Crippen molar-refractivity contribution in [3.05, 3.63) is 65.0 Å². The van der Waals surface area contributed by atoms with Gasteiger partial charge >= 0.3 is 0 Å². The highest BCUT2D eigenvalue weighted by Crippen LogP contribution is 2.24. The lowest BCUT2D eigenvalue weighted by Crippen LogP contribution is -2.22. The molecule has 110 valence electrons. The standard InChI is InChI=1S/C18H20FNO/c1-21-18-9-6-15-3-2-10-20(13-16(15)11-18)12-14-4-7-17(19)8-5-14/h4-9,11H,2-3,10,12-13H2,1H3. The van der Waals surface area contributed by atoms with Crippen LogP contribution in [0.15, 0.2) is 42.5 Å². The second kappa shape index (κ2) is 6.27. The number of aryl methyl sites for hydroxylation is 1. The van der Waals surface area contributed by atoms with Crippen molar-refractivity contribution in [2.45, 2.75) is 25.9 Å². The zero-order valence-corrected chi connectivity index (χ0v) is 12.3. The first-order chi connectivity index (χ1) is 10.2. The Hall–Kier alpha value is -1.87. The number of rotatable bonds is 3. The van der Waals surface area contributed by atoms with Gasteiger partial charge in [-0.05, 0) is 60.3 Å². The lowest BCUT2D eigenvalue weighted by molar-refractivity contribution is 0.260. The van der Waals surface area contributed by atoms with Gasteiger partial charge in [-0.1, -0.05) is 18.2 Å². The first-order valence-corrected chi connectivity index (χ1v) is 7.37. The Morgan fingerprint density at radius 2 is 1.90 bits per heavy atom. The van der Waals surface area contributed by atoms with Gasteiger partial charge in [-0.25, -0.2) is 4.39 Å². The Morgan fingerprint density at radius 1 is 1.10 bits per heavy atom. The summed E-state index contributed by atoms with van der Waals surface area (Å²) in [4.78, 5) is 2.42. The van der Waals surface area contributed by atoms with Crippen LogP contribution in [0.4, 0.5) is 4.39 Å². The first kappa shape index (κ1) is 14.1. The van der Waals surface area contributed by atoms with Crippen LogP contribution >= 0.6 is 0 Å². The highest BCUT2D eigenvalue weighted by Gasteiger charge is 2.15. The second-order valence-electron chi connectivity index (χ2n) is 5.58. The molecule has 0 atom stereocenters. The van der Waals surface area contributed by atoms with E-state index in [1.165, 1.54) is 23.3 Å². The highest BCUT2D eigenvalue weighted by atomic mass is 19.1. The monoisotopic (exact) mass is 285 g/mol. The van der Waals surface area contributed by atoms with E-state index in [1.54, 1.807) is 7.11 Å². The van der Waals surface area contributed by atoms with Crippen LogP contribution in [0.3, 0.4) is 0 Å². The van der Waals surface area contributed by atoms with Crippen molar-refractivity contribution in [1.29, 1.82) is 0 Å². The molecule has 0 unspecified atom stereocenters. The SMILES string of the molecule is COc1ccc2c(c1)CN(Cc1ccc(F)cc1)CCC2. The van der Waals surface area contributed by atoms with Crippen molar-refractivity contribution in [3.63, 3.8) is 0 Å². The molecule has 0 aromatic heterocycles. The van der Waals surface area contributed by atoms with Gasteiger partial charge in [-0.2, -0.15) is 0 Å². The van der Waals surface area contributed by atoms with E-state index in [9.17, 15) is 4.39 Å². The predicted octanol–water partition coefficient (Wildman–Crippen LogP) is 3.78. The third-order valence-corrected chi connectivity index (χ3v) is 4.05. The molecule has 1 aliphatic heterocycles. The summed E-state index contributed by atoms with van der Waals surface area (Å²) in [6.07, 6.45) is 2.26. The van der Waals surface area contributed by atoms with Crippen LogP contribution in [0.1, 0.15) is 23.1 Å². The van der Waals surface area contributed by atoms with E-state index in [0.717, 1.165) is 43.8 Å². The maximum absolute atomic E-state index is 13.0. The van der Waals surface area contributed by atoms with Crippen molar-refractivity contribution >= 4 is 0 Å². The molecule has 0 amide bonds. The maximum Gasteiger partial charge on any atom is 0.123 e. The van der Waals surface area contributed by atoms with Crippen LogP contribution < -0.4 is 4.74 Å². The van der Waals surface area contributed by atoms with Gasteiger partial charge in [0.05, 0.1) is 7.11 Å². The van der Waals surface area contributed by atoms with Gasteiger partial charge in [0.25, 0.3) is 0 Å². The average molecular weight is 285 g/mol. The number of fused-ring (bicyclic) bond motifs is 1. The molecule has 0 aliphatic carbocycles. The Morgan fingerprint density at radius 3 is 2.67 bits per heavy atom. The summed E-state index contributed by atoms with van der Waals surface area (Å²) in [6, 6.07) is 13.1. The van der Waals surface area contributed by atoms with Gasteiger partial charge in [-0.3, -0.25) is 4.90 Å². The van der Waals surface area contributed by atoms with Crippen molar-refractivity contribution in [3.8, 4) is 5.75 Å². The number of benzene rings is 2. The van der Waals surface area contributed by atoms with Crippen LogP contribution in [-0.2, 0) is 19.5 Å². The predicted molar refractivity (Wildman–Crippen MR) is 81.8 cm³/mol. The first-order valence-electron chi connectivity index (χ1n) is 7.37. The van der Waals surface area contributed by atoms with Gasteiger partial charge in [-0.15, -0.1) is 0 Å². The van der Waals surface area contributed by atoms with Gasteiger partial charge in [0, 0.05) is 13.1 Å². The minimum atomic E-state index is -0.176. The number of hydrogen-bond acceptors (Lipinski definition) is 2. The van der Waals surface area contributed by atoms with Crippen molar-refractivity contribution in [1.82, 2.24) is 4.90 Å². The van der Waals surface area contributed by atoms with Crippen LogP contribution in [0.5, 0.6) is 5.75 Å². The lowest BCUT2D eigenvalue weighted by Gasteiger charge is -2.20. The number of halogens is 1. The molecule has 0 fully saturated rings. The fraction of sp³-hybridized carbons (Fsp3) is 0.333. The summed E-state index contributed by atoms with van der Waals surface area (Å²) in [5.74, 6) is 0.738. The molecule has 1 heterocycles. The summed E-state index contributed by atoms with van der Waals surface area (Å²) in [5, 5.41) is 0. The summed E-state index contributed by atoms with van der Waals surface area (Å²) < 4.78 is 18.3. The van der Waals surface area contributed by atoms with Crippen molar-refractivity contribution in [2.24, 2.45) is 0 Å². The van der Waals surface area contributed by atoms with Gasteiger partial charge in [0.2, 0.25) is 0 Å². The van der Waals surface area contributed by atoms with E-state index in [2.05, 4.69) is 17.0 Å². The smallest absolute Gasteiger partial charge is 0.123 e. The number of nitrogens with zero attached hydrogens (tertiary/aromatic N) is 1. The summed E-state index contributed by atoms with van der Waals surface area (Å²) >= 11 is 0. The third kappa shape index (κ3) is 3.42. The van der Waals surface area contributed by atoms with E-state index < -0.39 is 0 Å². The molecule has 2 nitrogen and oxygen atoms in total. The van der Waals surface area contributed by atoms with E-state index in [0.29, 0.717) is 0 Å². The molecule has 21 heavy (non-hydrogen) atoms. The minimum Gasteiger partial charge on any atom is -0.497 e. The average Bonchev–Trinajstić information content (AvgIpc) is 2.70. The Bertz CT molecular complexity index is 609. The van der Waals surface area contributed by atoms with Crippen LogP contribution in [0, 0.1) is 5.82 Å². The number of methoxy groups -OCH3 is 1. The van der Waals surface area contributed by atoms with Crippen molar-refractivity contribution < 1.29 is 9.13 Å². The molecule has 0 spiro atoms. The number of hydrogen-bond donors (Lipinski definition) is 0. The van der Waals surface area contributed by atoms with Gasteiger partial charge < -0.3 is 4.74 Å². The van der Waals surface area contributed by atoms with E-state index in [-0.39, 0.29) is 5.82 Å². The highest BCUT2D eigenvalue weighted by molar-refractivity contribution is 5.36. The minimum absolute atomic E-state index is 0.176.